The summed E-state index contributed by atoms with van der Waals surface area (Å²) in [5.41, 5.74) is 1.37. The van der Waals surface area contributed by atoms with Crippen LogP contribution >= 0.6 is 0 Å². The molecule has 1 saturated heterocycles. The summed E-state index contributed by atoms with van der Waals surface area (Å²) >= 11 is 0. The molecule has 126 valence electrons. The van der Waals surface area contributed by atoms with Gasteiger partial charge >= 0.3 is 0 Å². The van der Waals surface area contributed by atoms with Crippen molar-refractivity contribution in [3.8, 4) is 0 Å². The second-order valence-electron chi connectivity index (χ2n) is 6.38. The minimum Gasteiger partial charge on any atom is -0.352 e. The standard InChI is InChI=1S/C16H23N3O3S/c1-3-19-9-11(2)15(10-19)18-23(21,22)13-5-4-12-6-7-17-16(20)14(12)8-13/h4-5,8,11,15,18H,3,6-7,9-10H2,1-2H3,(H,17,20)/t11-,15+/m0/s1. The Labute approximate surface area is 137 Å². The fourth-order valence-corrected chi connectivity index (χ4v) is 4.67. The van der Waals surface area contributed by atoms with Crippen molar-refractivity contribution < 1.29 is 13.2 Å². The lowest BCUT2D eigenvalue weighted by molar-refractivity contribution is 0.0945. The second kappa shape index (κ2) is 6.22. The fourth-order valence-electron chi connectivity index (χ4n) is 3.30. The minimum absolute atomic E-state index is 0.0928. The van der Waals surface area contributed by atoms with Crippen molar-refractivity contribution in [1.29, 1.82) is 0 Å². The molecule has 1 fully saturated rings. The van der Waals surface area contributed by atoms with Crippen molar-refractivity contribution in [3.63, 3.8) is 0 Å². The summed E-state index contributed by atoms with van der Waals surface area (Å²) in [6, 6.07) is 4.74. The first-order chi connectivity index (χ1) is 10.9. The van der Waals surface area contributed by atoms with Gasteiger partial charge in [0.05, 0.1) is 4.90 Å². The Hall–Kier alpha value is -1.44. The van der Waals surface area contributed by atoms with Gasteiger partial charge in [-0.05, 0) is 36.6 Å². The van der Waals surface area contributed by atoms with E-state index in [-0.39, 0.29) is 22.8 Å². The first-order valence-corrected chi connectivity index (χ1v) is 9.55. The molecule has 2 N–H and O–H groups in total. The van der Waals surface area contributed by atoms with E-state index in [1.54, 1.807) is 12.1 Å². The monoisotopic (exact) mass is 337 g/mol. The SMILES string of the molecule is CCN1C[C@H](C)[C@H](NS(=O)(=O)c2ccc3c(c2)C(=O)NCC3)C1. The number of nitrogens with one attached hydrogen (secondary N) is 2. The Morgan fingerprint density at radius 3 is 2.83 bits per heavy atom. The Balaban J connectivity index is 1.83. The zero-order valence-electron chi connectivity index (χ0n) is 13.5. The average molecular weight is 337 g/mol. The number of amides is 1. The van der Waals surface area contributed by atoms with Crippen LogP contribution in [0.2, 0.25) is 0 Å². The molecule has 0 aliphatic carbocycles. The van der Waals surface area contributed by atoms with E-state index < -0.39 is 10.0 Å². The van der Waals surface area contributed by atoms with Crippen molar-refractivity contribution in [2.24, 2.45) is 5.92 Å². The van der Waals surface area contributed by atoms with Gasteiger partial charge in [-0.3, -0.25) is 4.79 Å². The number of nitrogens with zero attached hydrogens (tertiary/aromatic N) is 1. The number of carbonyl (C=O) groups excluding carboxylic acids is 1. The molecule has 1 aromatic rings. The Kier molecular flexibility index (Phi) is 4.44. The average Bonchev–Trinajstić information content (AvgIpc) is 2.87. The molecule has 2 aliphatic heterocycles. The molecule has 23 heavy (non-hydrogen) atoms. The number of likely N-dealkylation sites (tertiary alicyclic amines) is 1. The Morgan fingerprint density at radius 2 is 2.13 bits per heavy atom. The molecule has 0 bridgehead atoms. The maximum absolute atomic E-state index is 12.7. The summed E-state index contributed by atoms with van der Waals surface area (Å²) in [6.07, 6.45) is 0.736. The lowest BCUT2D eigenvalue weighted by Crippen LogP contribution is -2.40. The highest BCUT2D eigenvalue weighted by Crippen LogP contribution is 2.22. The van der Waals surface area contributed by atoms with Gasteiger partial charge < -0.3 is 10.2 Å². The molecule has 1 aromatic carbocycles. The minimum atomic E-state index is -3.62. The van der Waals surface area contributed by atoms with Gasteiger partial charge in [0, 0.05) is 31.2 Å². The zero-order valence-corrected chi connectivity index (χ0v) is 14.3. The predicted molar refractivity (Wildman–Crippen MR) is 87.9 cm³/mol. The normalized spacial score (nSPS) is 25.2. The van der Waals surface area contributed by atoms with Gasteiger partial charge in [0.2, 0.25) is 10.0 Å². The number of hydrogen-bond donors (Lipinski definition) is 2. The van der Waals surface area contributed by atoms with Crippen LogP contribution in [0.3, 0.4) is 0 Å². The number of hydrogen-bond acceptors (Lipinski definition) is 4. The van der Waals surface area contributed by atoms with Crippen LogP contribution in [0.25, 0.3) is 0 Å². The number of likely N-dealkylation sites (N-methyl/N-ethyl adjacent to an activating group) is 1. The maximum atomic E-state index is 12.7. The van der Waals surface area contributed by atoms with Crippen LogP contribution in [0.4, 0.5) is 0 Å². The van der Waals surface area contributed by atoms with Gasteiger partial charge in [0.15, 0.2) is 0 Å². The highest BCUT2D eigenvalue weighted by atomic mass is 32.2. The Morgan fingerprint density at radius 1 is 1.35 bits per heavy atom. The third-order valence-electron chi connectivity index (χ3n) is 4.76. The molecule has 0 saturated carbocycles. The lowest BCUT2D eigenvalue weighted by Gasteiger charge is -2.19. The van der Waals surface area contributed by atoms with Gasteiger partial charge in [-0.15, -0.1) is 0 Å². The maximum Gasteiger partial charge on any atom is 0.251 e. The molecular formula is C16H23N3O3S. The van der Waals surface area contributed by atoms with E-state index in [1.165, 1.54) is 6.07 Å². The molecule has 0 radical (unpaired) electrons. The van der Waals surface area contributed by atoms with Gasteiger partial charge in [0.25, 0.3) is 5.91 Å². The van der Waals surface area contributed by atoms with Crippen LogP contribution in [-0.2, 0) is 16.4 Å². The molecule has 0 unspecified atom stereocenters. The number of benzene rings is 1. The summed E-state index contributed by atoms with van der Waals surface area (Å²) in [5.74, 6) is 0.0698. The largest absolute Gasteiger partial charge is 0.352 e. The summed E-state index contributed by atoms with van der Waals surface area (Å²) < 4.78 is 28.1. The van der Waals surface area contributed by atoms with E-state index in [0.29, 0.717) is 12.1 Å². The van der Waals surface area contributed by atoms with Crippen molar-refractivity contribution in [1.82, 2.24) is 14.9 Å². The third-order valence-corrected chi connectivity index (χ3v) is 6.25. The van der Waals surface area contributed by atoms with E-state index in [9.17, 15) is 13.2 Å². The molecule has 2 aliphatic rings. The van der Waals surface area contributed by atoms with Crippen LogP contribution in [-0.4, -0.2) is 51.4 Å². The number of carbonyl (C=O) groups is 1. The quantitative estimate of drug-likeness (QED) is 0.843. The predicted octanol–water partition coefficient (Wildman–Crippen LogP) is 0.591. The van der Waals surface area contributed by atoms with Crippen molar-refractivity contribution in [3.05, 3.63) is 29.3 Å². The molecule has 2 heterocycles. The van der Waals surface area contributed by atoms with Gasteiger partial charge in [0.1, 0.15) is 0 Å². The van der Waals surface area contributed by atoms with Crippen LogP contribution in [0.15, 0.2) is 23.1 Å². The van der Waals surface area contributed by atoms with E-state index in [0.717, 1.165) is 31.6 Å². The van der Waals surface area contributed by atoms with E-state index in [1.807, 2.05) is 0 Å². The van der Waals surface area contributed by atoms with Crippen LogP contribution < -0.4 is 10.0 Å². The van der Waals surface area contributed by atoms with Gasteiger partial charge in [-0.25, -0.2) is 13.1 Å². The van der Waals surface area contributed by atoms with E-state index >= 15 is 0 Å². The highest BCUT2D eigenvalue weighted by Gasteiger charge is 2.32. The molecule has 0 spiro atoms. The first-order valence-electron chi connectivity index (χ1n) is 8.06. The first kappa shape index (κ1) is 16.4. The second-order valence-corrected chi connectivity index (χ2v) is 8.10. The molecule has 3 rings (SSSR count). The molecule has 7 heteroatoms. The molecule has 2 atom stereocenters. The molecule has 0 aromatic heterocycles. The molecular weight excluding hydrogens is 314 g/mol. The zero-order chi connectivity index (χ0) is 16.6. The lowest BCUT2D eigenvalue weighted by atomic mass is 10.0. The summed E-state index contributed by atoms with van der Waals surface area (Å²) in [7, 11) is -3.62. The summed E-state index contributed by atoms with van der Waals surface area (Å²) in [6.45, 7) is 7.28. The van der Waals surface area contributed by atoms with Crippen molar-refractivity contribution in [2.45, 2.75) is 31.2 Å². The van der Waals surface area contributed by atoms with Gasteiger partial charge in [-0.2, -0.15) is 0 Å². The smallest absolute Gasteiger partial charge is 0.251 e. The number of rotatable bonds is 4. The van der Waals surface area contributed by atoms with Crippen molar-refractivity contribution in [2.75, 3.05) is 26.2 Å². The molecule has 1 amide bonds. The Bertz CT molecular complexity index is 717. The number of sulfonamides is 1. The highest BCUT2D eigenvalue weighted by molar-refractivity contribution is 7.89. The summed E-state index contributed by atoms with van der Waals surface area (Å²) in [5, 5.41) is 2.75. The molecule has 6 nitrogen and oxygen atoms in total. The van der Waals surface area contributed by atoms with Gasteiger partial charge in [-0.1, -0.05) is 19.9 Å². The van der Waals surface area contributed by atoms with Crippen LogP contribution in [0, 0.1) is 5.92 Å². The van der Waals surface area contributed by atoms with Crippen molar-refractivity contribution >= 4 is 15.9 Å². The fraction of sp³-hybridized carbons (Fsp3) is 0.562. The van der Waals surface area contributed by atoms with E-state index in [4.69, 9.17) is 0 Å². The van der Waals surface area contributed by atoms with Crippen LogP contribution in [0.1, 0.15) is 29.8 Å². The topological polar surface area (TPSA) is 78.5 Å². The third kappa shape index (κ3) is 3.27. The van der Waals surface area contributed by atoms with E-state index in [2.05, 4.69) is 28.8 Å². The summed E-state index contributed by atoms with van der Waals surface area (Å²) in [4.78, 5) is 14.3. The van der Waals surface area contributed by atoms with Crippen LogP contribution in [0.5, 0.6) is 0 Å². The number of fused-ring (bicyclic) bond motifs is 1.